The third-order valence-corrected chi connectivity index (χ3v) is 14.9. The second-order valence-electron chi connectivity index (χ2n) is 19.7. The van der Waals surface area contributed by atoms with Crippen LogP contribution in [0, 0.1) is 0 Å². The fourth-order valence-corrected chi connectivity index (χ4v) is 11.7. The highest BCUT2D eigenvalue weighted by Gasteiger charge is 2.44. The zero-order chi connectivity index (χ0) is 43.1. The minimum absolute atomic E-state index is 0.138. The van der Waals surface area contributed by atoms with E-state index in [4.69, 9.17) is 8.83 Å². The van der Waals surface area contributed by atoms with Crippen LogP contribution in [0.5, 0.6) is 0 Å². The number of furan rings is 2. The van der Waals surface area contributed by atoms with E-state index in [-0.39, 0.29) is 10.8 Å². The summed E-state index contributed by atoms with van der Waals surface area (Å²) < 4.78 is 14.6. The summed E-state index contributed by atoms with van der Waals surface area (Å²) >= 11 is 0. The van der Waals surface area contributed by atoms with Gasteiger partial charge in [-0.2, -0.15) is 0 Å². The number of nitrogens with zero attached hydrogens (tertiary/aromatic N) is 1. The number of hydrogen-bond acceptors (Lipinski definition) is 2. The quantitative estimate of drug-likeness (QED) is 0.165. The molecule has 0 bridgehead atoms. The fourth-order valence-electron chi connectivity index (χ4n) is 11.7. The third-order valence-electron chi connectivity index (χ3n) is 14.9. The molecule has 0 amide bonds. The molecule has 3 heterocycles. The maximum Gasteiger partial charge on any atom is 0.147 e. The molecular weight excluding hydrogens is 779 g/mol. The van der Waals surface area contributed by atoms with E-state index in [2.05, 4.69) is 211 Å². The van der Waals surface area contributed by atoms with Crippen LogP contribution in [0.2, 0.25) is 0 Å². The Bertz CT molecular complexity index is 3670. The summed E-state index contributed by atoms with van der Waals surface area (Å²) in [7, 11) is 4.74. The van der Waals surface area contributed by atoms with E-state index in [0.29, 0.717) is 4.48 Å². The SMILES string of the molecule is CC1(C)Cc2cc(-c3cccc(-c4ccccc4)c3)c3oc4ccccc4c3c2-c2cc3c(cc21)-c1c(cc(C2=CC(C)(c4ccccc4)CC=C2)c2oc4ccccc4c12)[N+]3(C)C. The Kier molecular flexibility index (Phi) is 7.69. The molecule has 3 heteroatoms. The van der Waals surface area contributed by atoms with Gasteiger partial charge in [-0.3, -0.25) is 4.48 Å². The van der Waals surface area contributed by atoms with Crippen LogP contribution in [0.3, 0.4) is 0 Å². The zero-order valence-electron chi connectivity index (χ0n) is 36.9. The van der Waals surface area contributed by atoms with E-state index in [1.54, 1.807) is 0 Å². The first-order valence-electron chi connectivity index (χ1n) is 22.7. The summed E-state index contributed by atoms with van der Waals surface area (Å²) in [5.74, 6) is 0. The van der Waals surface area contributed by atoms with Gasteiger partial charge in [-0.25, -0.2) is 0 Å². The van der Waals surface area contributed by atoms with Crippen molar-refractivity contribution in [1.82, 2.24) is 4.48 Å². The second kappa shape index (κ2) is 13.2. The Morgan fingerprint density at radius 1 is 0.516 bits per heavy atom. The van der Waals surface area contributed by atoms with Crippen LogP contribution in [-0.2, 0) is 17.3 Å². The first-order valence-corrected chi connectivity index (χ1v) is 22.7. The molecule has 0 saturated heterocycles. The van der Waals surface area contributed by atoms with Gasteiger partial charge in [0.1, 0.15) is 33.7 Å². The van der Waals surface area contributed by atoms with Crippen molar-refractivity contribution < 1.29 is 8.83 Å². The van der Waals surface area contributed by atoms with Crippen LogP contribution in [0.15, 0.2) is 185 Å². The summed E-state index contributed by atoms with van der Waals surface area (Å²) in [5.41, 5.74) is 22.3. The van der Waals surface area contributed by atoms with Crippen LogP contribution in [0.1, 0.15) is 49.4 Å². The summed E-state index contributed by atoms with van der Waals surface area (Å²) in [4.78, 5) is 0. The van der Waals surface area contributed by atoms with Gasteiger partial charge < -0.3 is 8.83 Å². The highest BCUT2D eigenvalue weighted by molar-refractivity contribution is 6.23. The first-order chi connectivity index (χ1) is 31.1. The van der Waals surface area contributed by atoms with Gasteiger partial charge in [-0.05, 0) is 98.7 Å². The van der Waals surface area contributed by atoms with Gasteiger partial charge in [0.15, 0.2) is 0 Å². The van der Waals surface area contributed by atoms with Gasteiger partial charge in [-0.15, -0.1) is 0 Å². The predicted octanol–water partition coefficient (Wildman–Crippen LogP) is 16.5. The Morgan fingerprint density at radius 2 is 1.12 bits per heavy atom. The molecule has 0 saturated carbocycles. The number of rotatable bonds is 4. The van der Waals surface area contributed by atoms with Gasteiger partial charge in [0.25, 0.3) is 0 Å². The number of quaternary nitrogens is 1. The van der Waals surface area contributed by atoms with Crippen molar-refractivity contribution in [3.8, 4) is 44.5 Å². The molecule has 0 fully saturated rings. The highest BCUT2D eigenvalue weighted by Crippen LogP contribution is 2.61. The third kappa shape index (κ3) is 5.25. The monoisotopic (exact) mass is 826 g/mol. The molecule has 0 spiro atoms. The Hall–Kier alpha value is -7.20. The highest BCUT2D eigenvalue weighted by atomic mass is 16.3. The van der Waals surface area contributed by atoms with Crippen molar-refractivity contribution in [3.05, 3.63) is 198 Å². The fraction of sp³-hybridized carbons (Fsp3) is 0.148. The van der Waals surface area contributed by atoms with Gasteiger partial charge in [0.05, 0.1) is 25.2 Å². The molecule has 2 aromatic heterocycles. The molecule has 1 aliphatic heterocycles. The maximum absolute atomic E-state index is 6.99. The molecule has 3 aliphatic rings. The normalized spacial score (nSPS) is 18.0. The number of benzene rings is 8. The number of para-hydroxylation sites is 2. The van der Waals surface area contributed by atoms with Crippen molar-refractivity contribution in [2.24, 2.45) is 0 Å². The van der Waals surface area contributed by atoms with Crippen LogP contribution < -0.4 is 4.48 Å². The van der Waals surface area contributed by atoms with E-state index in [1.807, 2.05) is 0 Å². The molecule has 10 aromatic rings. The van der Waals surface area contributed by atoms with Crippen LogP contribution in [0.25, 0.3) is 94.0 Å². The number of hydrogen-bond donors (Lipinski definition) is 0. The molecule has 0 N–H and O–H groups in total. The smallest absolute Gasteiger partial charge is 0.147 e. The topological polar surface area (TPSA) is 26.3 Å². The van der Waals surface area contributed by atoms with Crippen LogP contribution in [-0.4, -0.2) is 14.1 Å². The minimum Gasteiger partial charge on any atom is -0.455 e. The molecule has 2 aliphatic carbocycles. The average molecular weight is 827 g/mol. The zero-order valence-corrected chi connectivity index (χ0v) is 36.9. The molecule has 64 heavy (non-hydrogen) atoms. The van der Waals surface area contributed by atoms with Crippen LogP contribution >= 0.6 is 0 Å². The lowest BCUT2D eigenvalue weighted by molar-refractivity contribution is 0.516. The lowest BCUT2D eigenvalue weighted by atomic mass is 9.68. The van der Waals surface area contributed by atoms with E-state index >= 15 is 0 Å². The van der Waals surface area contributed by atoms with E-state index in [9.17, 15) is 0 Å². The van der Waals surface area contributed by atoms with Gasteiger partial charge in [0.2, 0.25) is 0 Å². The molecule has 13 rings (SSSR count). The Labute approximate surface area is 373 Å². The summed E-state index contributed by atoms with van der Waals surface area (Å²) in [6.45, 7) is 7.23. The predicted molar refractivity (Wildman–Crippen MR) is 268 cm³/mol. The van der Waals surface area contributed by atoms with Crippen molar-refractivity contribution in [1.29, 1.82) is 0 Å². The maximum atomic E-state index is 6.99. The van der Waals surface area contributed by atoms with Crippen molar-refractivity contribution in [2.45, 2.75) is 44.4 Å². The Morgan fingerprint density at radius 3 is 1.86 bits per heavy atom. The summed E-state index contributed by atoms with van der Waals surface area (Å²) in [5, 5.41) is 4.72. The van der Waals surface area contributed by atoms with E-state index < -0.39 is 0 Å². The summed E-state index contributed by atoms with van der Waals surface area (Å²) in [6, 6.07) is 57.7. The number of allylic oxidation sites excluding steroid dienone is 4. The largest absolute Gasteiger partial charge is 0.455 e. The van der Waals surface area contributed by atoms with Crippen LogP contribution in [0.4, 0.5) is 11.4 Å². The Balaban J connectivity index is 1.06. The van der Waals surface area contributed by atoms with Gasteiger partial charge >= 0.3 is 0 Å². The van der Waals surface area contributed by atoms with Crippen molar-refractivity contribution >= 4 is 60.8 Å². The summed E-state index contributed by atoms with van der Waals surface area (Å²) in [6.07, 6.45) is 8.99. The average Bonchev–Trinajstić information content (AvgIpc) is 3.96. The molecule has 0 radical (unpaired) electrons. The van der Waals surface area contributed by atoms with Crippen molar-refractivity contribution in [3.63, 3.8) is 0 Å². The standard InChI is InChI=1S/C61H48NO2/c1-60(2)35-41-31-45(39-21-16-20-38(30-39)37-18-8-6-9-19-37)58-56(43-25-12-14-27-52(43)63-58)54(41)47-34-50-48(32-49(47)60)55-51(62(50,4)5)33-46(59-57(55)44-26-13-15-28-53(44)64-59)40-22-17-29-61(3,36-40)42-23-10-7-11-24-42/h6-28,30-34,36H,29,35H2,1-5H3/q+1. The minimum atomic E-state index is -0.148. The van der Waals surface area contributed by atoms with Gasteiger partial charge in [-0.1, -0.05) is 154 Å². The molecule has 308 valence electrons. The van der Waals surface area contributed by atoms with Gasteiger partial charge in [0, 0.05) is 50.2 Å². The molecule has 3 nitrogen and oxygen atoms in total. The number of fused-ring (bicyclic) bond motifs is 14. The molecule has 8 aromatic carbocycles. The second-order valence-corrected chi connectivity index (χ2v) is 19.7. The molecule has 1 atom stereocenters. The van der Waals surface area contributed by atoms with E-state index in [1.165, 1.54) is 77.8 Å². The first kappa shape index (κ1) is 37.4. The lowest BCUT2D eigenvalue weighted by Crippen LogP contribution is -2.32. The lowest BCUT2D eigenvalue weighted by Gasteiger charge is -2.36. The van der Waals surface area contributed by atoms with E-state index in [0.717, 1.165) is 62.6 Å². The molecule has 1 unspecified atom stereocenters. The van der Waals surface area contributed by atoms with Crippen molar-refractivity contribution in [2.75, 3.05) is 14.1 Å². The molecular formula is C61H48NO2+.